The van der Waals surface area contributed by atoms with Gasteiger partial charge in [0.1, 0.15) is 0 Å². The lowest BCUT2D eigenvalue weighted by Gasteiger charge is -2.35. The van der Waals surface area contributed by atoms with E-state index in [2.05, 4.69) is 20.2 Å². The number of rotatable bonds is 9. The zero-order chi connectivity index (χ0) is 21.3. The number of aromatic nitrogens is 1. The molecule has 0 aliphatic carbocycles. The molecule has 0 radical (unpaired) electrons. The minimum atomic E-state index is -3.30. The third-order valence-electron chi connectivity index (χ3n) is 4.48. The molecule has 0 bridgehead atoms. The van der Waals surface area contributed by atoms with E-state index in [1.165, 1.54) is 0 Å². The molecule has 0 aromatic carbocycles. The van der Waals surface area contributed by atoms with Crippen molar-refractivity contribution in [2.75, 3.05) is 52.2 Å². The zero-order valence-corrected chi connectivity index (χ0v) is 21.4. The van der Waals surface area contributed by atoms with Gasteiger partial charge in [0.2, 0.25) is 15.9 Å². The number of nitrogens with zero attached hydrogens (tertiary/aromatic N) is 4. The molecule has 30 heavy (non-hydrogen) atoms. The predicted octanol–water partition coefficient (Wildman–Crippen LogP) is 1.55. The Kier molecular flexibility index (Phi) is 11.9. The molecule has 1 N–H and O–H groups in total. The molecule has 1 saturated heterocycles. The van der Waals surface area contributed by atoms with Gasteiger partial charge in [0, 0.05) is 45.0 Å². The van der Waals surface area contributed by atoms with Crippen molar-refractivity contribution in [2.24, 2.45) is 4.99 Å². The summed E-state index contributed by atoms with van der Waals surface area (Å²) in [5.74, 6) is 1.37. The summed E-state index contributed by atoms with van der Waals surface area (Å²) in [7, 11) is -1.72. The van der Waals surface area contributed by atoms with Crippen LogP contribution in [0.1, 0.15) is 26.3 Å². The molecule has 1 aliphatic rings. The molecule has 1 fully saturated rings. The van der Waals surface area contributed by atoms with Crippen LogP contribution in [0.4, 0.5) is 0 Å². The molecule has 1 aromatic rings. The van der Waals surface area contributed by atoms with Gasteiger partial charge in [-0.1, -0.05) is 6.07 Å². The van der Waals surface area contributed by atoms with Gasteiger partial charge >= 0.3 is 0 Å². The Morgan fingerprint density at radius 3 is 2.50 bits per heavy atom. The largest absolute Gasteiger partial charge is 0.481 e. The molecule has 9 nitrogen and oxygen atoms in total. The molecular formula is C19H34IN5O4S. The number of sulfonamides is 1. The van der Waals surface area contributed by atoms with Crippen LogP contribution in [0.15, 0.2) is 23.3 Å². The SMILES string of the molecule is CCNC(=NCc1ccc(OC)nc1)N1CCN(S(=O)(=O)CCOC(C)C)CC1.I. The number of halogens is 1. The molecule has 0 unspecified atom stereocenters. The first kappa shape index (κ1) is 26.9. The lowest BCUT2D eigenvalue weighted by Crippen LogP contribution is -2.54. The molecule has 1 aliphatic heterocycles. The van der Waals surface area contributed by atoms with Gasteiger partial charge in [0.05, 0.1) is 32.1 Å². The maximum absolute atomic E-state index is 12.5. The number of hydrogen-bond acceptors (Lipinski definition) is 6. The van der Waals surface area contributed by atoms with Gasteiger partial charge < -0.3 is 19.7 Å². The normalized spacial score (nSPS) is 15.8. The van der Waals surface area contributed by atoms with Gasteiger partial charge in [0.25, 0.3) is 0 Å². The molecule has 0 spiro atoms. The molecular weight excluding hydrogens is 521 g/mol. The molecule has 0 saturated carbocycles. The van der Waals surface area contributed by atoms with Gasteiger partial charge in [-0.15, -0.1) is 24.0 Å². The number of methoxy groups -OCH3 is 1. The van der Waals surface area contributed by atoms with Crippen LogP contribution in [0.5, 0.6) is 5.88 Å². The highest BCUT2D eigenvalue weighted by Crippen LogP contribution is 2.11. The number of pyridine rings is 1. The smallest absolute Gasteiger partial charge is 0.216 e. The van der Waals surface area contributed by atoms with E-state index in [1.54, 1.807) is 17.6 Å². The Morgan fingerprint density at radius 2 is 1.97 bits per heavy atom. The van der Waals surface area contributed by atoms with Crippen LogP contribution in [0, 0.1) is 0 Å². The number of ether oxygens (including phenoxy) is 2. The lowest BCUT2D eigenvalue weighted by molar-refractivity contribution is 0.0904. The minimum Gasteiger partial charge on any atom is -0.481 e. The van der Waals surface area contributed by atoms with Crippen LogP contribution in [0.25, 0.3) is 0 Å². The van der Waals surface area contributed by atoms with E-state index < -0.39 is 10.0 Å². The molecule has 1 aromatic heterocycles. The van der Waals surface area contributed by atoms with Crippen LogP contribution >= 0.6 is 24.0 Å². The highest BCUT2D eigenvalue weighted by molar-refractivity contribution is 14.0. The topological polar surface area (TPSA) is 96.4 Å². The van der Waals surface area contributed by atoms with Crippen molar-refractivity contribution in [1.82, 2.24) is 19.5 Å². The average molecular weight is 555 g/mol. The van der Waals surface area contributed by atoms with Crippen molar-refractivity contribution < 1.29 is 17.9 Å². The second kappa shape index (κ2) is 13.3. The Hall–Kier alpha value is -1.18. The molecule has 0 amide bonds. The van der Waals surface area contributed by atoms with E-state index in [1.807, 2.05) is 32.9 Å². The van der Waals surface area contributed by atoms with Crippen molar-refractivity contribution in [3.63, 3.8) is 0 Å². The van der Waals surface area contributed by atoms with Crippen LogP contribution < -0.4 is 10.1 Å². The van der Waals surface area contributed by atoms with Crippen molar-refractivity contribution in [3.05, 3.63) is 23.9 Å². The summed E-state index contributed by atoms with van der Waals surface area (Å²) in [4.78, 5) is 11.0. The van der Waals surface area contributed by atoms with E-state index in [-0.39, 0.29) is 42.4 Å². The number of hydrogen-bond donors (Lipinski definition) is 1. The predicted molar refractivity (Wildman–Crippen MR) is 129 cm³/mol. The van der Waals surface area contributed by atoms with Crippen molar-refractivity contribution in [3.8, 4) is 5.88 Å². The highest BCUT2D eigenvalue weighted by atomic mass is 127. The Bertz CT molecular complexity index is 751. The molecule has 172 valence electrons. The maximum Gasteiger partial charge on any atom is 0.216 e. The zero-order valence-electron chi connectivity index (χ0n) is 18.2. The summed E-state index contributed by atoms with van der Waals surface area (Å²) < 4.78 is 37.0. The highest BCUT2D eigenvalue weighted by Gasteiger charge is 2.28. The summed E-state index contributed by atoms with van der Waals surface area (Å²) in [5, 5.41) is 3.29. The summed E-state index contributed by atoms with van der Waals surface area (Å²) in [5.41, 5.74) is 0.979. The molecule has 2 heterocycles. The number of aliphatic imine (C=N–C) groups is 1. The van der Waals surface area contributed by atoms with Gasteiger partial charge in [-0.05, 0) is 26.3 Å². The van der Waals surface area contributed by atoms with Crippen LogP contribution in [0.3, 0.4) is 0 Å². The van der Waals surface area contributed by atoms with E-state index in [4.69, 9.17) is 9.47 Å². The average Bonchev–Trinajstić information content (AvgIpc) is 2.71. The van der Waals surface area contributed by atoms with Crippen LogP contribution in [-0.2, 0) is 21.3 Å². The summed E-state index contributed by atoms with van der Waals surface area (Å²) in [6, 6.07) is 3.74. The monoisotopic (exact) mass is 555 g/mol. The van der Waals surface area contributed by atoms with E-state index in [9.17, 15) is 8.42 Å². The van der Waals surface area contributed by atoms with E-state index >= 15 is 0 Å². The first-order valence-electron chi connectivity index (χ1n) is 9.97. The Labute approximate surface area is 197 Å². The Morgan fingerprint density at radius 1 is 1.27 bits per heavy atom. The molecule has 0 atom stereocenters. The number of nitrogens with one attached hydrogen (secondary N) is 1. The third-order valence-corrected chi connectivity index (χ3v) is 6.31. The second-order valence-corrected chi connectivity index (χ2v) is 9.09. The fourth-order valence-electron chi connectivity index (χ4n) is 2.91. The number of guanidine groups is 1. The Balaban J connectivity index is 0.00000450. The van der Waals surface area contributed by atoms with Gasteiger partial charge in [-0.2, -0.15) is 4.31 Å². The van der Waals surface area contributed by atoms with Gasteiger partial charge in [-0.3, -0.25) is 0 Å². The summed E-state index contributed by atoms with van der Waals surface area (Å²) in [6.45, 7) is 9.34. The quantitative estimate of drug-likeness (QED) is 0.281. The van der Waals surface area contributed by atoms with Crippen molar-refractivity contribution in [2.45, 2.75) is 33.4 Å². The van der Waals surface area contributed by atoms with Crippen molar-refractivity contribution >= 4 is 40.0 Å². The maximum atomic E-state index is 12.5. The fourth-order valence-corrected chi connectivity index (χ4v) is 4.20. The number of piperazine rings is 1. The second-order valence-electron chi connectivity index (χ2n) is 7.00. The third kappa shape index (κ3) is 8.52. The van der Waals surface area contributed by atoms with E-state index in [0.717, 1.165) is 18.1 Å². The summed E-state index contributed by atoms with van der Waals surface area (Å²) in [6.07, 6.45) is 1.78. The fraction of sp³-hybridized carbons (Fsp3) is 0.684. The van der Waals surface area contributed by atoms with Gasteiger partial charge in [-0.25, -0.2) is 18.4 Å². The molecule has 2 rings (SSSR count). The standard InChI is InChI=1S/C19H33N5O4S.HI/c1-5-20-19(22-15-17-6-7-18(27-4)21-14-17)23-8-10-24(11-9-23)29(25,26)13-12-28-16(2)3;/h6-7,14,16H,5,8-13,15H2,1-4H3,(H,20,22);1H. The van der Waals surface area contributed by atoms with Crippen LogP contribution in [-0.4, -0.2) is 86.9 Å². The van der Waals surface area contributed by atoms with E-state index in [0.29, 0.717) is 38.6 Å². The summed E-state index contributed by atoms with van der Waals surface area (Å²) >= 11 is 0. The first-order valence-corrected chi connectivity index (χ1v) is 11.6. The van der Waals surface area contributed by atoms with Crippen LogP contribution in [0.2, 0.25) is 0 Å². The minimum absolute atomic E-state index is 0. The van der Waals surface area contributed by atoms with Gasteiger partial charge in [0.15, 0.2) is 5.96 Å². The first-order chi connectivity index (χ1) is 13.9. The van der Waals surface area contributed by atoms with Crippen molar-refractivity contribution in [1.29, 1.82) is 0 Å². The molecule has 11 heteroatoms. The lowest BCUT2D eigenvalue weighted by atomic mass is 10.3.